The van der Waals surface area contributed by atoms with E-state index in [1.165, 1.54) is 48.7 Å². The van der Waals surface area contributed by atoms with Gasteiger partial charge in [-0.3, -0.25) is 9.52 Å². The van der Waals surface area contributed by atoms with Gasteiger partial charge in [0.25, 0.3) is 10.0 Å². The van der Waals surface area contributed by atoms with Crippen LogP contribution in [-0.4, -0.2) is 36.3 Å². The molecule has 1 aliphatic carbocycles. The second-order valence-electron chi connectivity index (χ2n) is 5.63. The monoisotopic (exact) mass is 398 g/mol. The molecule has 10 heteroatoms. The Labute approximate surface area is 160 Å². The molecule has 0 spiro atoms. The van der Waals surface area contributed by atoms with Crippen LogP contribution in [-0.2, 0) is 19.6 Å². The van der Waals surface area contributed by atoms with Crippen molar-refractivity contribution in [2.24, 2.45) is 10.2 Å². The van der Waals surface area contributed by atoms with E-state index >= 15 is 0 Å². The van der Waals surface area contributed by atoms with Crippen molar-refractivity contribution in [2.45, 2.75) is 10.9 Å². The lowest BCUT2D eigenvalue weighted by atomic mass is 10.0. The van der Waals surface area contributed by atoms with E-state index in [9.17, 15) is 18.0 Å². The molecule has 1 aliphatic rings. The summed E-state index contributed by atoms with van der Waals surface area (Å²) in [6, 6.07) is 9.79. The van der Waals surface area contributed by atoms with E-state index in [0.29, 0.717) is 5.69 Å². The van der Waals surface area contributed by atoms with Crippen molar-refractivity contribution < 1.29 is 23.1 Å². The van der Waals surface area contributed by atoms with Crippen LogP contribution in [0, 0.1) is 0 Å². The average Bonchev–Trinajstić information content (AvgIpc) is 2.68. The highest BCUT2D eigenvalue weighted by Crippen LogP contribution is 2.20. The molecule has 0 saturated heterocycles. The minimum Gasteiger partial charge on any atom is -0.478 e. The van der Waals surface area contributed by atoms with Crippen LogP contribution in [0.1, 0.15) is 0 Å². The summed E-state index contributed by atoms with van der Waals surface area (Å²) in [5.74, 6) is -1.73. The number of rotatable bonds is 6. The van der Waals surface area contributed by atoms with Crippen molar-refractivity contribution in [2.75, 3.05) is 4.72 Å². The maximum Gasteiger partial charge on any atom is 0.339 e. The van der Waals surface area contributed by atoms with Gasteiger partial charge in [-0.15, -0.1) is 0 Å². The summed E-state index contributed by atoms with van der Waals surface area (Å²) in [5, 5.41) is 16.9. The fourth-order valence-electron chi connectivity index (χ4n) is 2.28. The summed E-state index contributed by atoms with van der Waals surface area (Å²) >= 11 is 0. The number of carboxylic acids is 1. The minimum absolute atomic E-state index is 0.0216. The van der Waals surface area contributed by atoms with Crippen LogP contribution >= 0.6 is 0 Å². The van der Waals surface area contributed by atoms with E-state index < -0.39 is 27.8 Å². The number of nitrogens with one attached hydrogen (secondary N) is 1. The number of ketones is 1. The third-order valence-corrected chi connectivity index (χ3v) is 5.01. The molecule has 0 amide bonds. The van der Waals surface area contributed by atoms with Crippen molar-refractivity contribution in [3.05, 3.63) is 72.5 Å². The van der Waals surface area contributed by atoms with Gasteiger partial charge in [0.2, 0.25) is 0 Å². The number of sulfonamides is 1. The van der Waals surface area contributed by atoms with Crippen LogP contribution in [0.4, 0.5) is 11.5 Å². The van der Waals surface area contributed by atoms with Gasteiger partial charge >= 0.3 is 5.97 Å². The molecule has 142 valence electrons. The number of pyridine rings is 1. The first-order chi connectivity index (χ1) is 13.3. The molecule has 1 unspecified atom stereocenters. The zero-order chi connectivity index (χ0) is 20.1. The molecule has 1 atom stereocenters. The molecule has 1 aromatic carbocycles. The quantitative estimate of drug-likeness (QED) is 0.566. The largest absolute Gasteiger partial charge is 0.478 e. The Hall–Kier alpha value is -3.66. The van der Waals surface area contributed by atoms with E-state index in [-0.39, 0.29) is 16.3 Å². The molecular formula is C18H14N4O5S. The van der Waals surface area contributed by atoms with Crippen molar-refractivity contribution in [3.63, 3.8) is 0 Å². The first-order valence-corrected chi connectivity index (χ1v) is 9.46. The topological polar surface area (TPSA) is 138 Å². The predicted octanol–water partition coefficient (Wildman–Crippen LogP) is 2.48. The average molecular weight is 398 g/mol. The van der Waals surface area contributed by atoms with Gasteiger partial charge in [0.15, 0.2) is 5.78 Å². The normalized spacial score (nSPS) is 16.8. The lowest BCUT2D eigenvalue weighted by Crippen LogP contribution is -2.16. The summed E-state index contributed by atoms with van der Waals surface area (Å²) in [5.41, 5.74) is 0.000785. The van der Waals surface area contributed by atoms with Crippen LogP contribution < -0.4 is 4.72 Å². The van der Waals surface area contributed by atoms with Crippen LogP contribution in [0.15, 0.2) is 87.6 Å². The summed E-state index contributed by atoms with van der Waals surface area (Å²) in [7, 11) is -3.80. The Kier molecular flexibility index (Phi) is 5.41. The number of allylic oxidation sites excluding steroid dienone is 1. The van der Waals surface area contributed by atoms with Gasteiger partial charge in [0, 0.05) is 6.20 Å². The van der Waals surface area contributed by atoms with Crippen LogP contribution in [0.25, 0.3) is 0 Å². The third kappa shape index (κ3) is 4.54. The molecule has 1 heterocycles. The number of carboxylic acid groups (broad SMARTS) is 1. The molecule has 0 radical (unpaired) electrons. The zero-order valence-corrected chi connectivity index (χ0v) is 15.1. The molecular weight excluding hydrogens is 384 g/mol. The standard InChI is InChI=1S/C18H14N4O5S/c23-16-9-6-13(11-15(16)18(24)25)21-20-12-4-7-14(8-5-12)28(26,27)22-17-3-1-2-10-19-17/h1-11,13H,(H,19,22)(H,24,25). The second-order valence-corrected chi connectivity index (χ2v) is 7.31. The number of azo groups is 1. The molecule has 0 fully saturated rings. The van der Waals surface area contributed by atoms with E-state index in [4.69, 9.17) is 5.11 Å². The van der Waals surface area contributed by atoms with Crippen LogP contribution in [0.3, 0.4) is 0 Å². The van der Waals surface area contributed by atoms with E-state index in [1.807, 2.05) is 0 Å². The molecule has 0 saturated carbocycles. The van der Waals surface area contributed by atoms with Crippen molar-refractivity contribution >= 4 is 33.3 Å². The van der Waals surface area contributed by atoms with Gasteiger partial charge in [-0.25, -0.2) is 18.2 Å². The van der Waals surface area contributed by atoms with Gasteiger partial charge in [0.1, 0.15) is 17.4 Å². The van der Waals surface area contributed by atoms with E-state index in [2.05, 4.69) is 19.9 Å². The maximum atomic E-state index is 12.3. The Balaban J connectivity index is 1.72. The Morgan fingerprint density at radius 2 is 1.89 bits per heavy atom. The number of aliphatic carboxylic acids is 1. The van der Waals surface area contributed by atoms with Crippen molar-refractivity contribution in [1.29, 1.82) is 0 Å². The number of anilines is 1. The maximum absolute atomic E-state index is 12.3. The predicted molar refractivity (Wildman–Crippen MR) is 99.7 cm³/mol. The summed E-state index contributed by atoms with van der Waals surface area (Å²) < 4.78 is 27.0. The highest BCUT2D eigenvalue weighted by molar-refractivity contribution is 7.92. The third-order valence-electron chi connectivity index (χ3n) is 3.64. The molecule has 9 nitrogen and oxygen atoms in total. The number of hydrogen-bond donors (Lipinski definition) is 2. The highest BCUT2D eigenvalue weighted by Gasteiger charge is 2.20. The second kappa shape index (κ2) is 7.92. The number of benzene rings is 1. The smallest absolute Gasteiger partial charge is 0.339 e. The van der Waals surface area contributed by atoms with Gasteiger partial charge in [-0.2, -0.15) is 10.2 Å². The zero-order valence-electron chi connectivity index (χ0n) is 14.3. The number of aromatic nitrogens is 1. The number of carbonyl (C=O) groups is 2. The lowest BCUT2D eigenvalue weighted by molar-refractivity contribution is -0.134. The minimum atomic E-state index is -3.80. The van der Waals surface area contributed by atoms with Crippen molar-refractivity contribution in [1.82, 2.24) is 4.98 Å². The van der Waals surface area contributed by atoms with Crippen molar-refractivity contribution in [3.8, 4) is 0 Å². The Bertz CT molecular complexity index is 1090. The van der Waals surface area contributed by atoms with Crippen LogP contribution in [0.5, 0.6) is 0 Å². The summed E-state index contributed by atoms with van der Waals surface area (Å²) in [4.78, 5) is 26.4. The summed E-state index contributed by atoms with van der Waals surface area (Å²) in [6.07, 6.45) is 5.22. The number of hydrogen-bond acceptors (Lipinski definition) is 7. The highest BCUT2D eigenvalue weighted by atomic mass is 32.2. The number of carbonyl (C=O) groups excluding carboxylic acids is 1. The first-order valence-electron chi connectivity index (χ1n) is 7.97. The van der Waals surface area contributed by atoms with Gasteiger partial charge in [-0.05, 0) is 48.6 Å². The lowest BCUT2D eigenvalue weighted by Gasteiger charge is -2.08. The van der Waals surface area contributed by atoms with E-state index in [1.54, 1.807) is 12.1 Å². The van der Waals surface area contributed by atoms with Gasteiger partial charge < -0.3 is 5.11 Å². The molecule has 2 aromatic rings. The Morgan fingerprint density at radius 3 is 2.54 bits per heavy atom. The molecule has 0 bridgehead atoms. The molecule has 0 aliphatic heterocycles. The fourth-order valence-corrected chi connectivity index (χ4v) is 3.29. The van der Waals surface area contributed by atoms with Gasteiger partial charge in [0.05, 0.1) is 10.6 Å². The summed E-state index contributed by atoms with van der Waals surface area (Å²) in [6.45, 7) is 0. The van der Waals surface area contributed by atoms with E-state index in [0.717, 1.165) is 6.08 Å². The first kappa shape index (κ1) is 19.1. The molecule has 3 rings (SSSR count). The molecule has 2 N–H and O–H groups in total. The van der Waals surface area contributed by atoms with Crippen LogP contribution in [0.2, 0.25) is 0 Å². The SMILES string of the molecule is O=C(O)C1=CC(N=Nc2ccc(S(=O)(=O)Nc3ccccn3)cc2)C=CC1=O. The Morgan fingerprint density at radius 1 is 1.14 bits per heavy atom. The molecule has 1 aromatic heterocycles. The number of nitrogens with zero attached hydrogens (tertiary/aromatic N) is 3. The van der Waals surface area contributed by atoms with Gasteiger partial charge in [-0.1, -0.05) is 12.1 Å². The molecule has 28 heavy (non-hydrogen) atoms. The fraction of sp³-hybridized carbons (Fsp3) is 0.0556.